The van der Waals surface area contributed by atoms with Crippen LogP contribution in [0.4, 0.5) is 21.9 Å². The van der Waals surface area contributed by atoms with Gasteiger partial charge in [0.15, 0.2) is 0 Å². The van der Waals surface area contributed by atoms with Gasteiger partial charge in [0, 0.05) is 49.7 Å². The van der Waals surface area contributed by atoms with Crippen LogP contribution in [0.5, 0.6) is 5.75 Å². The highest BCUT2D eigenvalue weighted by Crippen LogP contribution is 2.23. The van der Waals surface area contributed by atoms with E-state index in [-0.39, 0.29) is 11.9 Å². The van der Waals surface area contributed by atoms with E-state index in [4.69, 9.17) is 4.74 Å². The van der Waals surface area contributed by atoms with Gasteiger partial charge in [-0.15, -0.1) is 0 Å². The number of urea groups is 1. The molecule has 188 valence electrons. The third-order valence-electron chi connectivity index (χ3n) is 6.47. The molecule has 0 radical (unpaired) electrons. The van der Waals surface area contributed by atoms with E-state index in [2.05, 4.69) is 27.7 Å². The molecule has 1 heterocycles. The highest BCUT2D eigenvalue weighted by atomic mass is 16.5. The molecule has 0 spiro atoms. The van der Waals surface area contributed by atoms with Gasteiger partial charge in [0.2, 0.25) is 5.91 Å². The number of rotatable bonds is 8. The summed E-state index contributed by atoms with van der Waals surface area (Å²) < 4.78 is 5.23. The number of methoxy groups -OCH3 is 1. The van der Waals surface area contributed by atoms with Gasteiger partial charge in [0.1, 0.15) is 5.75 Å². The summed E-state index contributed by atoms with van der Waals surface area (Å²) in [7, 11) is 1.63. The number of carbonyl (C=O) groups excluding carboxylic acids is 2. The molecular weight excluding hydrogens is 452 g/mol. The highest BCUT2D eigenvalue weighted by Gasteiger charge is 2.22. The summed E-state index contributed by atoms with van der Waals surface area (Å²) in [5.41, 5.74) is 4.90. The Balaban J connectivity index is 1.21. The van der Waals surface area contributed by atoms with Gasteiger partial charge in [0.25, 0.3) is 0 Å². The van der Waals surface area contributed by atoms with Crippen molar-refractivity contribution >= 4 is 29.0 Å². The molecule has 1 aliphatic rings. The average molecular weight is 487 g/mol. The lowest BCUT2D eigenvalue weighted by molar-refractivity contribution is -0.116. The normalized spacial score (nSPS) is 13.3. The zero-order chi connectivity index (χ0) is 25.3. The van der Waals surface area contributed by atoms with Gasteiger partial charge in [-0.1, -0.05) is 30.3 Å². The van der Waals surface area contributed by atoms with Crippen molar-refractivity contribution in [2.45, 2.75) is 26.2 Å². The molecule has 0 aromatic heterocycles. The van der Waals surface area contributed by atoms with Gasteiger partial charge in [-0.2, -0.15) is 0 Å². The summed E-state index contributed by atoms with van der Waals surface area (Å²) in [4.78, 5) is 29.1. The Hall–Kier alpha value is -4.00. The van der Waals surface area contributed by atoms with Crippen molar-refractivity contribution in [1.29, 1.82) is 0 Å². The fourth-order valence-electron chi connectivity index (χ4n) is 4.34. The maximum absolute atomic E-state index is 12.7. The van der Waals surface area contributed by atoms with Gasteiger partial charge >= 0.3 is 6.03 Å². The van der Waals surface area contributed by atoms with Crippen molar-refractivity contribution in [1.82, 2.24) is 4.90 Å². The molecule has 0 saturated carbocycles. The first kappa shape index (κ1) is 25.1. The van der Waals surface area contributed by atoms with Crippen LogP contribution in [0.15, 0.2) is 72.8 Å². The molecule has 7 heteroatoms. The minimum atomic E-state index is -0.0896. The second-order valence-corrected chi connectivity index (χ2v) is 9.02. The Labute approximate surface area is 213 Å². The SMILES string of the molecule is COc1ccc(NC(=O)N2CCN(c3ccc(NC(=O)CCCc4ccccc4)cc3)CC2)c(C)c1. The summed E-state index contributed by atoms with van der Waals surface area (Å²) in [6, 6.07) is 23.7. The zero-order valence-electron chi connectivity index (χ0n) is 21.0. The number of hydrogen-bond acceptors (Lipinski definition) is 4. The van der Waals surface area contributed by atoms with Crippen LogP contribution in [0.2, 0.25) is 0 Å². The van der Waals surface area contributed by atoms with E-state index in [1.54, 1.807) is 7.11 Å². The number of carbonyl (C=O) groups is 2. The molecule has 4 rings (SSSR count). The number of aryl methyl sites for hydroxylation is 2. The molecule has 2 N–H and O–H groups in total. The van der Waals surface area contributed by atoms with Gasteiger partial charge in [-0.05, 0) is 73.4 Å². The lowest BCUT2D eigenvalue weighted by Gasteiger charge is -2.36. The molecule has 7 nitrogen and oxygen atoms in total. The molecule has 1 aliphatic heterocycles. The van der Waals surface area contributed by atoms with Gasteiger partial charge < -0.3 is 25.2 Å². The van der Waals surface area contributed by atoms with Gasteiger partial charge in [-0.25, -0.2) is 4.79 Å². The number of benzene rings is 3. The molecule has 1 saturated heterocycles. The van der Waals surface area contributed by atoms with Crippen LogP contribution in [-0.4, -0.2) is 50.1 Å². The molecule has 0 atom stereocenters. The summed E-state index contributed by atoms with van der Waals surface area (Å²) in [6.45, 7) is 4.73. The molecule has 0 unspecified atom stereocenters. The van der Waals surface area contributed by atoms with E-state index in [0.29, 0.717) is 19.5 Å². The van der Waals surface area contributed by atoms with Gasteiger partial charge in [0.05, 0.1) is 7.11 Å². The molecule has 0 aliphatic carbocycles. The number of ether oxygens (including phenoxy) is 1. The standard InChI is InChI=1S/C29H34N4O3/c1-22-21-26(36-2)15-16-27(22)31-29(35)33-19-17-32(18-20-33)25-13-11-24(12-14-25)30-28(34)10-6-9-23-7-4-3-5-8-23/h3-5,7-8,11-16,21H,6,9-10,17-20H2,1-2H3,(H,30,34)(H,31,35). The minimum absolute atomic E-state index is 0.0328. The summed E-state index contributed by atoms with van der Waals surface area (Å²) in [5.74, 6) is 0.804. The fraction of sp³-hybridized carbons (Fsp3) is 0.310. The summed E-state index contributed by atoms with van der Waals surface area (Å²) in [5, 5.41) is 6.00. The Morgan fingerprint density at radius 3 is 2.28 bits per heavy atom. The van der Waals surface area contributed by atoms with Crippen LogP contribution in [0.3, 0.4) is 0 Å². The summed E-state index contributed by atoms with van der Waals surface area (Å²) in [6.07, 6.45) is 2.22. The van der Waals surface area contributed by atoms with Crippen LogP contribution >= 0.6 is 0 Å². The second kappa shape index (κ2) is 12.1. The first-order valence-corrected chi connectivity index (χ1v) is 12.4. The van der Waals surface area contributed by atoms with E-state index in [9.17, 15) is 9.59 Å². The van der Waals surface area contributed by atoms with Crippen LogP contribution < -0.4 is 20.3 Å². The van der Waals surface area contributed by atoms with E-state index < -0.39 is 0 Å². The lowest BCUT2D eigenvalue weighted by atomic mass is 10.1. The monoisotopic (exact) mass is 486 g/mol. The number of nitrogens with one attached hydrogen (secondary N) is 2. The quantitative estimate of drug-likeness (QED) is 0.452. The molecular formula is C29H34N4O3. The molecule has 3 amide bonds. The van der Waals surface area contributed by atoms with E-state index >= 15 is 0 Å². The Morgan fingerprint density at radius 1 is 0.889 bits per heavy atom. The van der Waals surface area contributed by atoms with Crippen LogP contribution in [0.1, 0.15) is 24.0 Å². The van der Waals surface area contributed by atoms with Crippen LogP contribution in [0, 0.1) is 6.92 Å². The Bertz CT molecular complexity index is 1160. The van der Waals surface area contributed by atoms with E-state index in [0.717, 1.165) is 54.3 Å². The topological polar surface area (TPSA) is 73.9 Å². The number of nitrogens with zero attached hydrogens (tertiary/aromatic N) is 2. The maximum atomic E-state index is 12.7. The first-order valence-electron chi connectivity index (χ1n) is 12.4. The highest BCUT2D eigenvalue weighted by molar-refractivity contribution is 5.91. The second-order valence-electron chi connectivity index (χ2n) is 9.02. The molecule has 0 bridgehead atoms. The number of amides is 3. The molecule has 36 heavy (non-hydrogen) atoms. The largest absolute Gasteiger partial charge is 0.497 e. The number of piperazine rings is 1. The van der Waals surface area contributed by atoms with E-state index in [1.807, 2.05) is 72.5 Å². The predicted molar refractivity (Wildman–Crippen MR) is 145 cm³/mol. The van der Waals surface area contributed by atoms with Crippen molar-refractivity contribution in [2.75, 3.05) is 48.8 Å². The van der Waals surface area contributed by atoms with E-state index in [1.165, 1.54) is 5.56 Å². The van der Waals surface area contributed by atoms with Crippen LogP contribution in [0.25, 0.3) is 0 Å². The molecule has 3 aromatic carbocycles. The van der Waals surface area contributed by atoms with Crippen LogP contribution in [-0.2, 0) is 11.2 Å². The van der Waals surface area contributed by atoms with Crippen molar-refractivity contribution in [3.8, 4) is 5.75 Å². The van der Waals surface area contributed by atoms with Gasteiger partial charge in [-0.3, -0.25) is 4.79 Å². The Kier molecular flexibility index (Phi) is 8.44. The Morgan fingerprint density at radius 2 is 1.61 bits per heavy atom. The zero-order valence-corrected chi connectivity index (χ0v) is 21.0. The average Bonchev–Trinajstić information content (AvgIpc) is 2.91. The lowest BCUT2D eigenvalue weighted by Crippen LogP contribution is -2.50. The number of hydrogen-bond donors (Lipinski definition) is 2. The molecule has 3 aromatic rings. The maximum Gasteiger partial charge on any atom is 0.321 e. The smallest absolute Gasteiger partial charge is 0.321 e. The summed E-state index contributed by atoms with van der Waals surface area (Å²) >= 11 is 0. The third kappa shape index (κ3) is 6.78. The minimum Gasteiger partial charge on any atom is -0.497 e. The third-order valence-corrected chi connectivity index (χ3v) is 6.47. The van der Waals surface area contributed by atoms with Crippen molar-refractivity contribution in [3.05, 3.63) is 83.9 Å². The molecule has 1 fully saturated rings. The van der Waals surface area contributed by atoms with Crippen molar-refractivity contribution in [3.63, 3.8) is 0 Å². The number of anilines is 3. The fourth-order valence-corrected chi connectivity index (χ4v) is 4.34. The van der Waals surface area contributed by atoms with Crippen molar-refractivity contribution in [2.24, 2.45) is 0 Å². The first-order chi connectivity index (χ1) is 17.5. The van der Waals surface area contributed by atoms with Crippen molar-refractivity contribution < 1.29 is 14.3 Å². The predicted octanol–water partition coefficient (Wildman–Crippen LogP) is 5.32.